The van der Waals surface area contributed by atoms with E-state index in [1.165, 1.54) is 0 Å². The van der Waals surface area contributed by atoms with Gasteiger partial charge in [0, 0.05) is 13.2 Å². The molecule has 5 heteroatoms. The zero-order chi connectivity index (χ0) is 15.5. The Kier molecular flexibility index (Phi) is 3.98. The number of nitrogens with zero attached hydrogens (tertiary/aromatic N) is 3. The summed E-state index contributed by atoms with van der Waals surface area (Å²) < 4.78 is 0. The van der Waals surface area contributed by atoms with Gasteiger partial charge < -0.3 is 4.90 Å². The van der Waals surface area contributed by atoms with Crippen LogP contribution in [0.3, 0.4) is 0 Å². The number of hydrogen-bond donors (Lipinski definition) is 0. The van der Waals surface area contributed by atoms with Crippen LogP contribution in [0.25, 0.3) is 6.08 Å². The summed E-state index contributed by atoms with van der Waals surface area (Å²) in [7, 11) is 1.81. The van der Waals surface area contributed by atoms with E-state index in [1.54, 1.807) is 16.0 Å². The number of amides is 1. The van der Waals surface area contributed by atoms with Crippen molar-refractivity contribution in [3.05, 3.63) is 71.7 Å². The van der Waals surface area contributed by atoms with Crippen LogP contribution in [0.2, 0.25) is 0 Å². The Balaban J connectivity index is 1.88. The van der Waals surface area contributed by atoms with Gasteiger partial charge in [0.1, 0.15) is 5.70 Å². The highest BCUT2D eigenvalue weighted by Crippen LogP contribution is 2.23. The van der Waals surface area contributed by atoms with Crippen molar-refractivity contribution in [2.45, 2.75) is 6.54 Å². The number of likely N-dealkylation sites (N-methyl/N-ethyl adjacent to an activating group) is 1. The van der Waals surface area contributed by atoms with Crippen molar-refractivity contribution < 1.29 is 4.79 Å². The SMILES string of the molecule is CN1C(=S)N(Cc2ccccn2)C(=O)/C1=C\c1ccccc1. The van der Waals surface area contributed by atoms with E-state index in [1.807, 2.05) is 61.7 Å². The lowest BCUT2D eigenvalue weighted by Crippen LogP contribution is -2.31. The Morgan fingerprint density at radius 2 is 1.86 bits per heavy atom. The summed E-state index contributed by atoms with van der Waals surface area (Å²) in [5.41, 5.74) is 2.36. The normalized spacial score (nSPS) is 16.7. The van der Waals surface area contributed by atoms with Gasteiger partial charge in [-0.25, -0.2) is 0 Å². The smallest absolute Gasteiger partial charge is 0.277 e. The molecule has 1 aromatic heterocycles. The summed E-state index contributed by atoms with van der Waals surface area (Å²) in [6, 6.07) is 15.4. The molecule has 2 heterocycles. The molecule has 4 nitrogen and oxygen atoms in total. The molecule has 0 atom stereocenters. The molecule has 1 aromatic carbocycles. The number of benzene rings is 1. The van der Waals surface area contributed by atoms with Gasteiger partial charge in [0.15, 0.2) is 5.11 Å². The summed E-state index contributed by atoms with van der Waals surface area (Å²) in [6.45, 7) is 0.384. The van der Waals surface area contributed by atoms with Crippen LogP contribution in [0.1, 0.15) is 11.3 Å². The molecular weight excluding hydrogens is 294 g/mol. The number of carbonyl (C=O) groups is 1. The fraction of sp³-hybridized carbons (Fsp3) is 0.118. The Labute approximate surface area is 134 Å². The fourth-order valence-electron chi connectivity index (χ4n) is 2.31. The van der Waals surface area contributed by atoms with Crippen molar-refractivity contribution in [3.8, 4) is 0 Å². The lowest BCUT2D eigenvalue weighted by atomic mass is 10.2. The summed E-state index contributed by atoms with van der Waals surface area (Å²) in [5, 5.41) is 0.498. The van der Waals surface area contributed by atoms with Crippen molar-refractivity contribution in [3.63, 3.8) is 0 Å². The van der Waals surface area contributed by atoms with E-state index in [0.717, 1.165) is 11.3 Å². The largest absolute Gasteiger partial charge is 0.317 e. The maximum absolute atomic E-state index is 12.6. The van der Waals surface area contributed by atoms with Crippen LogP contribution in [0, 0.1) is 0 Å². The third-order valence-electron chi connectivity index (χ3n) is 3.49. The number of pyridine rings is 1. The maximum Gasteiger partial charge on any atom is 0.277 e. The van der Waals surface area contributed by atoms with Crippen LogP contribution < -0.4 is 0 Å². The second-order valence-electron chi connectivity index (χ2n) is 4.99. The summed E-state index contributed by atoms with van der Waals surface area (Å²) in [4.78, 5) is 20.2. The molecule has 110 valence electrons. The van der Waals surface area contributed by atoms with Gasteiger partial charge in [0.2, 0.25) is 0 Å². The first kappa shape index (κ1) is 14.4. The van der Waals surface area contributed by atoms with E-state index in [9.17, 15) is 4.79 Å². The molecule has 22 heavy (non-hydrogen) atoms. The lowest BCUT2D eigenvalue weighted by Gasteiger charge is -2.15. The Hall–Kier alpha value is -2.53. The van der Waals surface area contributed by atoms with E-state index in [0.29, 0.717) is 17.4 Å². The number of hydrogen-bond acceptors (Lipinski definition) is 3. The molecular formula is C17H15N3OS. The van der Waals surface area contributed by atoms with Gasteiger partial charge in [-0.3, -0.25) is 14.7 Å². The minimum absolute atomic E-state index is 0.0954. The molecule has 0 unspecified atom stereocenters. The molecule has 0 aliphatic carbocycles. The van der Waals surface area contributed by atoms with Crippen LogP contribution in [0.5, 0.6) is 0 Å². The van der Waals surface area contributed by atoms with Gasteiger partial charge in [-0.1, -0.05) is 36.4 Å². The molecule has 0 bridgehead atoms. The van der Waals surface area contributed by atoms with Crippen molar-refractivity contribution in [2.24, 2.45) is 0 Å². The van der Waals surface area contributed by atoms with Crippen LogP contribution in [0.15, 0.2) is 60.4 Å². The monoisotopic (exact) mass is 309 g/mol. The molecule has 2 aromatic rings. The molecule has 1 amide bonds. The molecule has 3 rings (SSSR count). The van der Waals surface area contributed by atoms with Crippen LogP contribution >= 0.6 is 12.2 Å². The second-order valence-corrected chi connectivity index (χ2v) is 5.36. The highest BCUT2D eigenvalue weighted by Gasteiger charge is 2.35. The Morgan fingerprint density at radius 1 is 1.14 bits per heavy atom. The fourth-order valence-corrected chi connectivity index (χ4v) is 2.56. The number of rotatable bonds is 3. The maximum atomic E-state index is 12.6. The molecule has 1 saturated heterocycles. The van der Waals surface area contributed by atoms with Crippen molar-refractivity contribution in [1.29, 1.82) is 0 Å². The van der Waals surface area contributed by atoms with E-state index in [4.69, 9.17) is 12.2 Å². The topological polar surface area (TPSA) is 36.4 Å². The van der Waals surface area contributed by atoms with Gasteiger partial charge >= 0.3 is 0 Å². The Bertz CT molecular complexity index is 728. The summed E-state index contributed by atoms with van der Waals surface area (Å²) in [5.74, 6) is -0.0954. The van der Waals surface area contributed by atoms with Crippen LogP contribution in [-0.2, 0) is 11.3 Å². The standard InChI is InChI=1S/C17H15N3OS/c1-19-15(11-13-7-3-2-4-8-13)16(21)20(17(19)22)12-14-9-5-6-10-18-14/h2-11H,12H2,1H3/b15-11+. The first-order valence-electron chi connectivity index (χ1n) is 6.93. The lowest BCUT2D eigenvalue weighted by molar-refractivity contribution is -0.122. The third-order valence-corrected chi connectivity index (χ3v) is 3.99. The zero-order valence-electron chi connectivity index (χ0n) is 12.1. The molecule has 0 spiro atoms. The molecule has 1 aliphatic heterocycles. The van der Waals surface area contributed by atoms with Gasteiger partial charge in [-0.15, -0.1) is 0 Å². The quantitative estimate of drug-likeness (QED) is 0.645. The minimum atomic E-state index is -0.0954. The molecule has 0 N–H and O–H groups in total. The number of thiocarbonyl (C=S) groups is 1. The molecule has 0 radical (unpaired) electrons. The Morgan fingerprint density at radius 3 is 2.55 bits per heavy atom. The third kappa shape index (κ3) is 2.76. The van der Waals surface area contributed by atoms with Gasteiger partial charge in [-0.2, -0.15) is 0 Å². The van der Waals surface area contributed by atoms with Crippen molar-refractivity contribution in [2.75, 3.05) is 7.05 Å². The molecule has 1 fully saturated rings. The first-order chi connectivity index (χ1) is 10.7. The van der Waals surface area contributed by atoms with Crippen LogP contribution in [-0.4, -0.2) is 32.9 Å². The van der Waals surface area contributed by atoms with Gasteiger partial charge in [0.05, 0.1) is 12.2 Å². The highest BCUT2D eigenvalue weighted by molar-refractivity contribution is 7.80. The average molecular weight is 309 g/mol. The molecule has 0 saturated carbocycles. The van der Waals surface area contributed by atoms with Crippen molar-refractivity contribution >= 4 is 29.3 Å². The van der Waals surface area contributed by atoms with Gasteiger partial charge in [-0.05, 0) is 36.0 Å². The second kappa shape index (κ2) is 6.07. The minimum Gasteiger partial charge on any atom is -0.317 e. The number of aromatic nitrogens is 1. The predicted molar refractivity (Wildman–Crippen MR) is 89.6 cm³/mol. The van der Waals surface area contributed by atoms with Gasteiger partial charge in [0.25, 0.3) is 5.91 Å². The number of carbonyl (C=O) groups excluding carboxylic acids is 1. The first-order valence-corrected chi connectivity index (χ1v) is 7.34. The molecule has 1 aliphatic rings. The zero-order valence-corrected chi connectivity index (χ0v) is 13.0. The summed E-state index contributed by atoms with van der Waals surface area (Å²) >= 11 is 5.40. The van der Waals surface area contributed by atoms with Crippen molar-refractivity contribution in [1.82, 2.24) is 14.8 Å². The van der Waals surface area contributed by atoms with E-state index in [2.05, 4.69) is 4.98 Å². The predicted octanol–water partition coefficient (Wildman–Crippen LogP) is 2.68. The van der Waals surface area contributed by atoms with E-state index >= 15 is 0 Å². The van der Waals surface area contributed by atoms with E-state index < -0.39 is 0 Å². The average Bonchev–Trinajstić information content (AvgIpc) is 2.75. The van der Waals surface area contributed by atoms with Crippen LogP contribution in [0.4, 0.5) is 0 Å². The highest BCUT2D eigenvalue weighted by atomic mass is 32.1. The van der Waals surface area contributed by atoms with E-state index in [-0.39, 0.29) is 5.91 Å². The summed E-state index contributed by atoms with van der Waals surface area (Å²) in [6.07, 6.45) is 3.57.